The fourth-order valence-corrected chi connectivity index (χ4v) is 1.10. The van der Waals surface area contributed by atoms with Gasteiger partial charge in [0.05, 0.1) is 11.6 Å². The molecule has 0 saturated heterocycles. The summed E-state index contributed by atoms with van der Waals surface area (Å²) < 4.78 is 0. The Hall–Kier alpha value is -1.02. The van der Waals surface area contributed by atoms with Crippen LogP contribution in [0.25, 0.3) is 0 Å². The second kappa shape index (κ2) is 4.87. The third kappa shape index (κ3) is 3.47. The van der Waals surface area contributed by atoms with Gasteiger partial charge in [0, 0.05) is 5.02 Å². The summed E-state index contributed by atoms with van der Waals surface area (Å²) in [5, 5.41) is 2.68. The molecule has 13 heavy (non-hydrogen) atoms. The highest BCUT2D eigenvalue weighted by molar-refractivity contribution is 7.78. The van der Waals surface area contributed by atoms with Crippen LogP contribution in [0.3, 0.4) is 0 Å². The van der Waals surface area contributed by atoms with E-state index in [-0.39, 0.29) is 12.3 Å². The van der Waals surface area contributed by atoms with E-state index in [1.165, 1.54) is 0 Å². The summed E-state index contributed by atoms with van der Waals surface area (Å²) in [5.41, 5.74) is 0.864. The molecule has 0 unspecified atom stereocenters. The summed E-state index contributed by atoms with van der Waals surface area (Å²) in [4.78, 5) is 14.3. The van der Waals surface area contributed by atoms with Gasteiger partial charge in [0.15, 0.2) is 0 Å². The second-order valence-electron chi connectivity index (χ2n) is 2.40. The fraction of sp³-hybridized carbons (Fsp3) is 0.111. The Bertz CT molecular complexity index is 354. The summed E-state index contributed by atoms with van der Waals surface area (Å²) >= 11 is 9.98. The maximum Gasteiger partial charge on any atom is 0.258 e. The van der Waals surface area contributed by atoms with Gasteiger partial charge in [-0.1, -0.05) is 23.7 Å². The molecular formula is C9H6ClNOS. The van der Waals surface area contributed by atoms with Crippen LogP contribution in [0.4, 0.5) is 0 Å². The quantitative estimate of drug-likeness (QED) is 0.556. The molecule has 66 valence electrons. The van der Waals surface area contributed by atoms with E-state index in [1.54, 1.807) is 24.3 Å². The molecule has 0 aliphatic rings. The molecule has 0 bridgehead atoms. The molecule has 2 nitrogen and oxygen atoms in total. The van der Waals surface area contributed by atoms with E-state index < -0.39 is 0 Å². The van der Waals surface area contributed by atoms with E-state index in [1.807, 2.05) is 5.16 Å². The van der Waals surface area contributed by atoms with E-state index in [0.717, 1.165) is 5.56 Å². The minimum Gasteiger partial charge on any atom is -0.271 e. The Balaban J connectivity index is 2.69. The highest BCUT2D eigenvalue weighted by Crippen LogP contribution is 2.09. The Morgan fingerprint density at radius 1 is 1.46 bits per heavy atom. The van der Waals surface area contributed by atoms with Crippen LogP contribution < -0.4 is 0 Å². The fourth-order valence-electron chi connectivity index (χ4n) is 0.867. The lowest BCUT2D eigenvalue weighted by molar-refractivity contribution is -0.117. The highest BCUT2D eigenvalue weighted by Gasteiger charge is 2.00. The number of carbonyl (C=O) groups is 1. The first-order chi connectivity index (χ1) is 6.22. The smallest absolute Gasteiger partial charge is 0.258 e. The van der Waals surface area contributed by atoms with Crippen LogP contribution in [-0.2, 0) is 11.2 Å². The minimum atomic E-state index is -0.294. The molecule has 0 aliphatic carbocycles. The first kappa shape index (κ1) is 10.1. The third-order valence-electron chi connectivity index (χ3n) is 1.44. The lowest BCUT2D eigenvalue weighted by atomic mass is 10.1. The number of isothiocyanates is 1. The number of benzene rings is 1. The number of amides is 1. The number of hydrogen-bond donors (Lipinski definition) is 0. The lowest BCUT2D eigenvalue weighted by Gasteiger charge is -1.95. The van der Waals surface area contributed by atoms with Gasteiger partial charge in [0.25, 0.3) is 5.91 Å². The lowest BCUT2D eigenvalue weighted by Crippen LogP contribution is -1.97. The largest absolute Gasteiger partial charge is 0.271 e. The van der Waals surface area contributed by atoms with Crippen LogP contribution in [0.2, 0.25) is 5.02 Å². The summed E-state index contributed by atoms with van der Waals surface area (Å²) in [5.74, 6) is -0.294. The number of aliphatic imine (C=N–C) groups is 1. The molecule has 1 aromatic carbocycles. The number of carbonyl (C=O) groups excluding carboxylic acids is 1. The van der Waals surface area contributed by atoms with Gasteiger partial charge in [-0.25, -0.2) is 0 Å². The normalized spacial score (nSPS) is 9.00. The zero-order chi connectivity index (χ0) is 9.68. The van der Waals surface area contributed by atoms with Crippen molar-refractivity contribution in [3.63, 3.8) is 0 Å². The molecule has 0 spiro atoms. The number of nitrogens with zero attached hydrogens (tertiary/aromatic N) is 1. The van der Waals surface area contributed by atoms with E-state index in [2.05, 4.69) is 17.2 Å². The van der Waals surface area contributed by atoms with E-state index in [0.29, 0.717) is 5.02 Å². The molecule has 0 aliphatic heterocycles. The van der Waals surface area contributed by atoms with E-state index in [4.69, 9.17) is 11.6 Å². The van der Waals surface area contributed by atoms with E-state index >= 15 is 0 Å². The van der Waals surface area contributed by atoms with Crippen molar-refractivity contribution in [2.45, 2.75) is 6.42 Å². The Morgan fingerprint density at radius 3 is 2.62 bits per heavy atom. The summed E-state index contributed by atoms with van der Waals surface area (Å²) in [6.45, 7) is 0. The molecule has 0 atom stereocenters. The van der Waals surface area contributed by atoms with Crippen LogP contribution in [-0.4, -0.2) is 11.1 Å². The predicted octanol–water partition coefficient (Wildman–Crippen LogP) is 2.51. The topological polar surface area (TPSA) is 29.4 Å². The highest BCUT2D eigenvalue weighted by atomic mass is 35.5. The van der Waals surface area contributed by atoms with Gasteiger partial charge < -0.3 is 0 Å². The molecule has 0 heterocycles. The molecule has 0 aromatic heterocycles. The first-order valence-corrected chi connectivity index (χ1v) is 4.36. The van der Waals surface area contributed by atoms with Gasteiger partial charge in [-0.15, -0.1) is 0 Å². The van der Waals surface area contributed by atoms with Crippen molar-refractivity contribution in [2.24, 2.45) is 4.99 Å². The van der Waals surface area contributed by atoms with Gasteiger partial charge in [-0.2, -0.15) is 4.99 Å². The number of thiocarbonyl (C=S) groups is 1. The zero-order valence-corrected chi connectivity index (χ0v) is 8.23. The van der Waals surface area contributed by atoms with Crippen molar-refractivity contribution >= 4 is 34.9 Å². The second-order valence-corrected chi connectivity index (χ2v) is 3.02. The number of halogens is 1. The Labute approximate surface area is 86.2 Å². The Morgan fingerprint density at radius 2 is 2.08 bits per heavy atom. The van der Waals surface area contributed by atoms with Crippen LogP contribution in [0, 0.1) is 0 Å². The monoisotopic (exact) mass is 211 g/mol. The molecule has 1 rings (SSSR count). The van der Waals surface area contributed by atoms with Crippen molar-refractivity contribution in [3.05, 3.63) is 34.9 Å². The van der Waals surface area contributed by atoms with Gasteiger partial charge in [0.1, 0.15) is 0 Å². The molecule has 0 radical (unpaired) electrons. The van der Waals surface area contributed by atoms with Crippen molar-refractivity contribution in [3.8, 4) is 0 Å². The molecule has 1 aromatic rings. The van der Waals surface area contributed by atoms with Crippen LogP contribution in [0.5, 0.6) is 0 Å². The number of rotatable bonds is 2. The maximum atomic E-state index is 11.0. The summed E-state index contributed by atoms with van der Waals surface area (Å²) in [7, 11) is 0. The van der Waals surface area contributed by atoms with Gasteiger partial charge in [-0.05, 0) is 29.9 Å². The van der Waals surface area contributed by atoms with Crippen molar-refractivity contribution in [1.82, 2.24) is 0 Å². The standard InChI is InChI=1S/C9H6ClNOS/c10-8-3-1-7(2-4-8)5-9(12)11-6-13/h1-4H,5H2. The van der Waals surface area contributed by atoms with Gasteiger partial charge in [0.2, 0.25) is 0 Å². The maximum absolute atomic E-state index is 11.0. The van der Waals surface area contributed by atoms with Gasteiger partial charge in [-0.3, -0.25) is 4.79 Å². The molecule has 0 N–H and O–H groups in total. The molecule has 1 amide bonds. The SMILES string of the molecule is O=C(Cc1ccc(Cl)cc1)N=C=S. The van der Waals surface area contributed by atoms with Gasteiger partial charge >= 0.3 is 0 Å². The Kier molecular flexibility index (Phi) is 3.77. The van der Waals surface area contributed by atoms with Crippen LogP contribution >= 0.6 is 23.8 Å². The molecule has 0 fully saturated rings. The first-order valence-electron chi connectivity index (χ1n) is 3.57. The average molecular weight is 212 g/mol. The number of hydrogen-bond acceptors (Lipinski definition) is 2. The van der Waals surface area contributed by atoms with Crippen LogP contribution in [0.15, 0.2) is 29.3 Å². The van der Waals surface area contributed by atoms with Crippen molar-refractivity contribution in [1.29, 1.82) is 0 Å². The summed E-state index contributed by atoms with van der Waals surface area (Å²) in [6, 6.07) is 7.01. The van der Waals surface area contributed by atoms with Crippen molar-refractivity contribution in [2.75, 3.05) is 0 Å². The predicted molar refractivity (Wildman–Crippen MR) is 55.2 cm³/mol. The van der Waals surface area contributed by atoms with E-state index in [9.17, 15) is 4.79 Å². The zero-order valence-electron chi connectivity index (χ0n) is 6.66. The molecular weight excluding hydrogens is 206 g/mol. The summed E-state index contributed by atoms with van der Waals surface area (Å²) in [6.07, 6.45) is 0.237. The minimum absolute atomic E-state index is 0.237. The molecule has 4 heteroatoms. The average Bonchev–Trinajstić information content (AvgIpc) is 2.09. The van der Waals surface area contributed by atoms with Crippen LogP contribution in [0.1, 0.15) is 5.56 Å². The molecule has 0 saturated carbocycles. The van der Waals surface area contributed by atoms with Crippen molar-refractivity contribution < 1.29 is 4.79 Å². The third-order valence-corrected chi connectivity index (χ3v) is 1.78.